The summed E-state index contributed by atoms with van der Waals surface area (Å²) in [6, 6.07) is 7.60. The smallest absolute Gasteiger partial charge is 0.150 e. The summed E-state index contributed by atoms with van der Waals surface area (Å²) in [6.45, 7) is 2.04. The van der Waals surface area contributed by atoms with Gasteiger partial charge in [-0.05, 0) is 12.1 Å². The summed E-state index contributed by atoms with van der Waals surface area (Å²) in [6.07, 6.45) is 1.33. The maximum atomic E-state index is 5.99. The van der Waals surface area contributed by atoms with Crippen LogP contribution in [0.1, 0.15) is 6.42 Å². The normalized spacial score (nSPS) is 26.4. The SMILES string of the molecule is [CH2-][NH+]1CC[C@@H](Oc2ccccc2Cl)C1. The van der Waals surface area contributed by atoms with Crippen LogP contribution in [0.2, 0.25) is 5.02 Å². The van der Waals surface area contributed by atoms with Gasteiger partial charge in [0, 0.05) is 6.42 Å². The van der Waals surface area contributed by atoms with E-state index in [2.05, 4.69) is 7.05 Å². The number of para-hydroxylation sites is 1. The Morgan fingerprint density at radius 2 is 2.21 bits per heavy atom. The molecule has 2 rings (SSSR count). The zero-order chi connectivity index (χ0) is 9.97. The van der Waals surface area contributed by atoms with Crippen LogP contribution in [-0.2, 0) is 0 Å². The highest BCUT2D eigenvalue weighted by Gasteiger charge is 2.22. The molecule has 0 spiro atoms. The molecule has 1 unspecified atom stereocenters. The molecule has 0 aliphatic carbocycles. The summed E-state index contributed by atoms with van der Waals surface area (Å²) in [7, 11) is 3.96. The highest BCUT2D eigenvalue weighted by molar-refractivity contribution is 6.32. The van der Waals surface area contributed by atoms with Crippen molar-refractivity contribution in [3.63, 3.8) is 0 Å². The zero-order valence-corrected chi connectivity index (χ0v) is 8.76. The molecular weight excluding hydrogens is 198 g/mol. The molecule has 1 N–H and O–H groups in total. The van der Waals surface area contributed by atoms with Gasteiger partial charge in [-0.2, -0.15) is 7.05 Å². The first-order valence-electron chi connectivity index (χ1n) is 4.83. The van der Waals surface area contributed by atoms with E-state index < -0.39 is 0 Å². The first kappa shape index (κ1) is 9.81. The minimum absolute atomic E-state index is 0.266. The molecule has 0 bridgehead atoms. The molecule has 14 heavy (non-hydrogen) atoms. The number of likely N-dealkylation sites (tertiary alicyclic amines) is 1. The second-order valence-electron chi connectivity index (χ2n) is 3.66. The van der Waals surface area contributed by atoms with E-state index in [1.807, 2.05) is 24.3 Å². The lowest BCUT2D eigenvalue weighted by molar-refractivity contribution is -0.841. The number of rotatable bonds is 2. The average molecular weight is 212 g/mol. The maximum absolute atomic E-state index is 5.99. The Bertz CT molecular complexity index is 316. The number of halogens is 1. The standard InChI is InChI=1S/C11H14ClNO/c1-13-7-6-9(8-13)14-11-5-3-2-4-10(11)12/h2-5,9,13H,1,6-8H2/t9-/m1/s1. The van der Waals surface area contributed by atoms with Gasteiger partial charge in [-0.25, -0.2) is 0 Å². The molecule has 0 aromatic heterocycles. The van der Waals surface area contributed by atoms with E-state index >= 15 is 0 Å². The second-order valence-corrected chi connectivity index (χ2v) is 4.07. The van der Waals surface area contributed by atoms with Gasteiger partial charge >= 0.3 is 0 Å². The molecule has 0 saturated carbocycles. The van der Waals surface area contributed by atoms with Crippen molar-refractivity contribution < 1.29 is 9.64 Å². The number of nitrogens with one attached hydrogen (secondary N) is 1. The molecule has 2 nitrogen and oxygen atoms in total. The Kier molecular flexibility index (Phi) is 2.94. The predicted molar refractivity (Wildman–Crippen MR) is 56.5 cm³/mol. The number of hydrogen-bond donors (Lipinski definition) is 1. The van der Waals surface area contributed by atoms with E-state index in [4.69, 9.17) is 16.3 Å². The van der Waals surface area contributed by atoms with Crippen molar-refractivity contribution in [2.24, 2.45) is 0 Å². The minimum Gasteiger partial charge on any atom is -0.483 e. The van der Waals surface area contributed by atoms with E-state index in [9.17, 15) is 0 Å². The number of benzene rings is 1. The van der Waals surface area contributed by atoms with Gasteiger partial charge < -0.3 is 9.64 Å². The summed E-state index contributed by atoms with van der Waals surface area (Å²) in [5.41, 5.74) is 0. The molecule has 1 fully saturated rings. The van der Waals surface area contributed by atoms with Gasteiger partial charge in [-0.1, -0.05) is 23.7 Å². The van der Waals surface area contributed by atoms with Crippen LogP contribution in [0, 0.1) is 7.05 Å². The summed E-state index contributed by atoms with van der Waals surface area (Å²) in [5, 5.41) is 0.685. The summed E-state index contributed by atoms with van der Waals surface area (Å²) in [4.78, 5) is 1.28. The van der Waals surface area contributed by atoms with Crippen molar-refractivity contribution in [3.8, 4) is 5.75 Å². The Morgan fingerprint density at radius 3 is 2.86 bits per heavy atom. The maximum Gasteiger partial charge on any atom is 0.150 e. The van der Waals surface area contributed by atoms with Crippen molar-refractivity contribution in [2.75, 3.05) is 13.1 Å². The Labute approximate surface area is 89.4 Å². The van der Waals surface area contributed by atoms with Crippen LogP contribution in [-0.4, -0.2) is 19.2 Å². The molecule has 0 amide bonds. The lowest BCUT2D eigenvalue weighted by Gasteiger charge is -2.15. The fourth-order valence-corrected chi connectivity index (χ4v) is 1.89. The Balaban J connectivity index is 2.01. The highest BCUT2D eigenvalue weighted by Crippen LogP contribution is 2.24. The van der Waals surface area contributed by atoms with Crippen molar-refractivity contribution in [1.82, 2.24) is 0 Å². The third-order valence-electron chi connectivity index (χ3n) is 2.47. The Hall–Kier alpha value is -0.730. The fraction of sp³-hybridized carbons (Fsp3) is 0.364. The number of quaternary nitrogens is 1. The van der Waals surface area contributed by atoms with Gasteiger partial charge in [0.25, 0.3) is 0 Å². The molecular formula is C11H14ClNO. The van der Waals surface area contributed by atoms with Gasteiger partial charge in [0.2, 0.25) is 0 Å². The summed E-state index contributed by atoms with van der Waals surface area (Å²) < 4.78 is 5.78. The minimum atomic E-state index is 0.266. The van der Waals surface area contributed by atoms with Gasteiger partial charge in [0.15, 0.2) is 6.10 Å². The van der Waals surface area contributed by atoms with Crippen molar-refractivity contribution >= 4 is 11.6 Å². The van der Waals surface area contributed by atoms with Gasteiger partial charge in [0.05, 0.1) is 18.1 Å². The van der Waals surface area contributed by atoms with Gasteiger partial charge in [0.1, 0.15) is 5.75 Å². The molecule has 3 heteroatoms. The van der Waals surface area contributed by atoms with Crippen molar-refractivity contribution in [2.45, 2.75) is 12.5 Å². The number of hydrogen-bond acceptors (Lipinski definition) is 1. The van der Waals surface area contributed by atoms with E-state index in [0.717, 1.165) is 25.3 Å². The fourth-order valence-electron chi connectivity index (χ4n) is 1.71. The van der Waals surface area contributed by atoms with Crippen LogP contribution in [0.15, 0.2) is 24.3 Å². The quantitative estimate of drug-likeness (QED) is 0.726. The van der Waals surface area contributed by atoms with E-state index in [1.54, 1.807) is 0 Å². The monoisotopic (exact) mass is 211 g/mol. The highest BCUT2D eigenvalue weighted by atomic mass is 35.5. The van der Waals surface area contributed by atoms with Crippen LogP contribution in [0.25, 0.3) is 0 Å². The lowest BCUT2D eigenvalue weighted by atomic mass is 10.3. The lowest BCUT2D eigenvalue weighted by Crippen LogP contribution is -3.05. The molecule has 1 aromatic carbocycles. The summed E-state index contributed by atoms with van der Waals surface area (Å²) in [5.74, 6) is 0.786. The van der Waals surface area contributed by atoms with E-state index in [-0.39, 0.29) is 6.10 Å². The summed E-state index contributed by atoms with van der Waals surface area (Å²) >= 11 is 5.99. The number of ether oxygens (including phenoxy) is 1. The Morgan fingerprint density at radius 1 is 1.43 bits per heavy atom. The van der Waals surface area contributed by atoms with Crippen LogP contribution in [0.5, 0.6) is 5.75 Å². The molecule has 1 aliphatic rings. The third-order valence-corrected chi connectivity index (χ3v) is 2.78. The zero-order valence-electron chi connectivity index (χ0n) is 8.00. The third kappa shape index (κ3) is 2.20. The van der Waals surface area contributed by atoms with Crippen LogP contribution < -0.4 is 9.64 Å². The van der Waals surface area contributed by atoms with Crippen molar-refractivity contribution in [1.29, 1.82) is 0 Å². The van der Waals surface area contributed by atoms with Gasteiger partial charge in [-0.15, -0.1) is 0 Å². The molecule has 1 saturated heterocycles. The first-order valence-corrected chi connectivity index (χ1v) is 5.21. The molecule has 0 radical (unpaired) electrons. The van der Waals surface area contributed by atoms with E-state index in [0.29, 0.717) is 5.02 Å². The van der Waals surface area contributed by atoms with Gasteiger partial charge in [-0.3, -0.25) is 0 Å². The van der Waals surface area contributed by atoms with Crippen molar-refractivity contribution in [3.05, 3.63) is 36.3 Å². The average Bonchev–Trinajstić information content (AvgIpc) is 2.56. The topological polar surface area (TPSA) is 13.7 Å². The second kappa shape index (κ2) is 4.20. The van der Waals surface area contributed by atoms with Crippen LogP contribution in [0.4, 0.5) is 0 Å². The first-order chi connectivity index (χ1) is 6.75. The van der Waals surface area contributed by atoms with Crippen LogP contribution >= 0.6 is 11.6 Å². The predicted octanol–water partition coefficient (Wildman–Crippen LogP) is 1.17. The largest absolute Gasteiger partial charge is 0.483 e. The van der Waals surface area contributed by atoms with E-state index in [1.165, 1.54) is 4.90 Å². The molecule has 2 atom stereocenters. The van der Waals surface area contributed by atoms with Crippen LogP contribution in [0.3, 0.4) is 0 Å². The molecule has 1 heterocycles. The molecule has 76 valence electrons. The molecule has 1 aliphatic heterocycles. The molecule has 1 aromatic rings.